The first-order chi connectivity index (χ1) is 8.78. The minimum absolute atomic E-state index is 0.0478. The highest BCUT2D eigenvalue weighted by Crippen LogP contribution is 2.25. The summed E-state index contributed by atoms with van der Waals surface area (Å²) in [6, 6.07) is 4.87. The monoisotopic (exact) mass is 302 g/mol. The van der Waals surface area contributed by atoms with E-state index in [1.54, 1.807) is 18.2 Å². The minimum atomic E-state index is -3.41. The number of carbonyl (C=O) groups is 1. The van der Waals surface area contributed by atoms with Gasteiger partial charge in [-0.05, 0) is 18.2 Å². The molecule has 8 heteroatoms. The van der Waals surface area contributed by atoms with Crippen LogP contribution in [-0.2, 0) is 16.6 Å². The van der Waals surface area contributed by atoms with Crippen LogP contribution >= 0.6 is 11.6 Å². The summed E-state index contributed by atoms with van der Waals surface area (Å²) in [7, 11) is -3.41. The van der Waals surface area contributed by atoms with Crippen molar-refractivity contribution < 1.29 is 18.3 Å². The van der Waals surface area contributed by atoms with Gasteiger partial charge in [0.05, 0.1) is 6.26 Å². The van der Waals surface area contributed by atoms with Crippen LogP contribution in [0.1, 0.15) is 16.1 Å². The van der Waals surface area contributed by atoms with E-state index in [1.165, 1.54) is 0 Å². The Labute approximate surface area is 114 Å². The molecule has 0 saturated carbocycles. The van der Waals surface area contributed by atoms with Gasteiger partial charge in [-0.3, -0.25) is 0 Å². The van der Waals surface area contributed by atoms with Crippen LogP contribution < -0.4 is 4.72 Å². The molecule has 2 aromatic rings. The summed E-state index contributed by atoms with van der Waals surface area (Å²) < 4.78 is 24.5. The molecule has 0 bridgehead atoms. The molecule has 6 nitrogen and oxygen atoms in total. The Morgan fingerprint density at radius 2 is 2.16 bits per heavy atom. The Morgan fingerprint density at radius 3 is 2.74 bits per heavy atom. The van der Waals surface area contributed by atoms with Gasteiger partial charge in [-0.1, -0.05) is 11.6 Å². The molecule has 0 atom stereocenters. The van der Waals surface area contributed by atoms with Crippen molar-refractivity contribution in [3.05, 3.63) is 34.5 Å². The van der Waals surface area contributed by atoms with Crippen LogP contribution in [0.15, 0.2) is 18.2 Å². The number of fused-ring (bicyclic) bond motifs is 1. The third-order valence-electron chi connectivity index (χ3n) is 2.59. The van der Waals surface area contributed by atoms with Gasteiger partial charge in [0, 0.05) is 28.0 Å². The molecular weight excluding hydrogens is 292 g/mol. The molecule has 0 fully saturated rings. The second kappa shape index (κ2) is 4.84. The Hall–Kier alpha value is -1.57. The van der Waals surface area contributed by atoms with E-state index in [1.807, 2.05) is 0 Å². The number of hydrogen-bond donors (Lipinski definition) is 3. The number of carboxylic acids is 1. The van der Waals surface area contributed by atoms with Crippen molar-refractivity contribution in [2.45, 2.75) is 6.54 Å². The van der Waals surface area contributed by atoms with Crippen molar-refractivity contribution in [1.29, 1.82) is 0 Å². The van der Waals surface area contributed by atoms with E-state index in [-0.39, 0.29) is 12.2 Å². The third kappa shape index (κ3) is 3.06. The van der Waals surface area contributed by atoms with Crippen LogP contribution in [0, 0.1) is 0 Å². The smallest absolute Gasteiger partial charge is 0.352 e. The highest BCUT2D eigenvalue weighted by atomic mass is 35.5. The molecule has 0 amide bonds. The number of nitrogens with one attached hydrogen (secondary N) is 2. The van der Waals surface area contributed by atoms with Gasteiger partial charge in [-0.15, -0.1) is 0 Å². The zero-order valence-electron chi connectivity index (χ0n) is 9.90. The maximum atomic E-state index is 11.2. The topological polar surface area (TPSA) is 99.3 Å². The van der Waals surface area contributed by atoms with E-state index in [2.05, 4.69) is 9.71 Å². The molecule has 0 aliphatic carbocycles. The number of aromatic nitrogens is 1. The lowest BCUT2D eigenvalue weighted by molar-refractivity contribution is 0.0690. The number of halogens is 1. The summed E-state index contributed by atoms with van der Waals surface area (Å²) in [6.45, 7) is -0.110. The maximum absolute atomic E-state index is 11.2. The Kier molecular flexibility index (Phi) is 3.53. The van der Waals surface area contributed by atoms with E-state index in [9.17, 15) is 13.2 Å². The molecule has 0 saturated heterocycles. The number of carboxylic acid groups (broad SMARTS) is 1. The summed E-state index contributed by atoms with van der Waals surface area (Å²) in [6.07, 6.45) is 1.01. The van der Waals surface area contributed by atoms with Crippen LogP contribution in [0.4, 0.5) is 0 Å². The number of sulfonamides is 1. The van der Waals surface area contributed by atoms with Crippen LogP contribution in [0.5, 0.6) is 0 Å². The lowest BCUT2D eigenvalue weighted by Crippen LogP contribution is -2.22. The zero-order chi connectivity index (χ0) is 14.2. The molecule has 3 N–H and O–H groups in total. The Morgan fingerprint density at radius 1 is 1.47 bits per heavy atom. The highest BCUT2D eigenvalue weighted by Gasteiger charge is 2.18. The average molecular weight is 303 g/mol. The van der Waals surface area contributed by atoms with E-state index in [4.69, 9.17) is 16.7 Å². The first-order valence-electron chi connectivity index (χ1n) is 5.26. The second-order valence-corrected chi connectivity index (χ2v) is 6.34. The number of hydrogen-bond acceptors (Lipinski definition) is 3. The van der Waals surface area contributed by atoms with Gasteiger partial charge in [-0.2, -0.15) is 0 Å². The molecule has 1 heterocycles. The number of aromatic amines is 1. The maximum Gasteiger partial charge on any atom is 0.352 e. The third-order valence-corrected chi connectivity index (χ3v) is 3.50. The van der Waals surface area contributed by atoms with Crippen molar-refractivity contribution in [1.82, 2.24) is 9.71 Å². The fourth-order valence-electron chi connectivity index (χ4n) is 1.79. The first kappa shape index (κ1) is 13.9. The Bertz CT molecular complexity index is 751. The van der Waals surface area contributed by atoms with Crippen LogP contribution in [0.3, 0.4) is 0 Å². The van der Waals surface area contributed by atoms with Crippen molar-refractivity contribution in [2.75, 3.05) is 6.26 Å². The molecule has 0 spiro atoms. The van der Waals surface area contributed by atoms with Crippen LogP contribution in [0.2, 0.25) is 5.02 Å². The molecule has 1 aromatic heterocycles. The van der Waals surface area contributed by atoms with Gasteiger partial charge in [0.15, 0.2) is 0 Å². The van der Waals surface area contributed by atoms with Crippen molar-refractivity contribution in [2.24, 2.45) is 0 Å². The lowest BCUT2D eigenvalue weighted by atomic mass is 10.1. The number of rotatable bonds is 4. The summed E-state index contributed by atoms with van der Waals surface area (Å²) in [5, 5.41) is 10.2. The van der Waals surface area contributed by atoms with Crippen molar-refractivity contribution >= 4 is 38.5 Å². The fraction of sp³-hybridized carbons (Fsp3) is 0.182. The normalized spacial score (nSPS) is 11.9. The molecule has 2 rings (SSSR count). The van der Waals surface area contributed by atoms with Gasteiger partial charge < -0.3 is 10.1 Å². The highest BCUT2D eigenvalue weighted by molar-refractivity contribution is 7.88. The number of H-pyrrole nitrogens is 1. The quantitative estimate of drug-likeness (QED) is 0.798. The van der Waals surface area contributed by atoms with E-state index in [0.29, 0.717) is 21.5 Å². The molecule has 0 unspecified atom stereocenters. The Balaban J connectivity index is 2.57. The SMILES string of the molecule is CS(=O)(=O)NCc1c(C(=O)O)[nH]c2ccc(Cl)cc12. The predicted octanol–water partition coefficient (Wildman–Crippen LogP) is 1.57. The zero-order valence-corrected chi connectivity index (χ0v) is 11.5. The van der Waals surface area contributed by atoms with Gasteiger partial charge >= 0.3 is 5.97 Å². The van der Waals surface area contributed by atoms with E-state index >= 15 is 0 Å². The molecule has 1 aromatic carbocycles. The molecular formula is C11H11ClN2O4S. The standard InChI is InChI=1S/C11H11ClN2O4S/c1-19(17,18)13-5-8-7-4-6(12)2-3-9(7)14-10(8)11(15)16/h2-4,13-14H,5H2,1H3,(H,15,16). The van der Waals surface area contributed by atoms with Crippen molar-refractivity contribution in [3.63, 3.8) is 0 Å². The average Bonchev–Trinajstić information content (AvgIpc) is 2.63. The summed E-state index contributed by atoms with van der Waals surface area (Å²) in [5.74, 6) is -1.15. The second-order valence-electron chi connectivity index (χ2n) is 4.07. The van der Waals surface area contributed by atoms with E-state index < -0.39 is 16.0 Å². The minimum Gasteiger partial charge on any atom is -0.477 e. The molecule has 0 radical (unpaired) electrons. The van der Waals surface area contributed by atoms with Gasteiger partial charge in [0.2, 0.25) is 10.0 Å². The molecule has 0 aliphatic rings. The fourth-order valence-corrected chi connectivity index (χ4v) is 2.37. The first-order valence-corrected chi connectivity index (χ1v) is 7.53. The summed E-state index contributed by atoms with van der Waals surface area (Å²) in [4.78, 5) is 13.9. The largest absolute Gasteiger partial charge is 0.477 e. The molecule has 102 valence electrons. The summed E-state index contributed by atoms with van der Waals surface area (Å²) >= 11 is 5.87. The van der Waals surface area contributed by atoms with Crippen LogP contribution in [0.25, 0.3) is 10.9 Å². The lowest BCUT2D eigenvalue weighted by Gasteiger charge is -2.03. The van der Waals surface area contributed by atoms with Gasteiger partial charge in [-0.25, -0.2) is 17.9 Å². The molecule has 0 aliphatic heterocycles. The van der Waals surface area contributed by atoms with Crippen molar-refractivity contribution in [3.8, 4) is 0 Å². The predicted molar refractivity (Wildman–Crippen MR) is 72.0 cm³/mol. The van der Waals surface area contributed by atoms with Gasteiger partial charge in [0.1, 0.15) is 5.69 Å². The van der Waals surface area contributed by atoms with Gasteiger partial charge in [0.25, 0.3) is 0 Å². The summed E-state index contributed by atoms with van der Waals surface area (Å²) in [5.41, 5.74) is 0.899. The number of aromatic carboxylic acids is 1. The molecule has 19 heavy (non-hydrogen) atoms. The number of benzene rings is 1. The van der Waals surface area contributed by atoms with Crippen LogP contribution in [-0.4, -0.2) is 30.7 Å². The van der Waals surface area contributed by atoms with E-state index in [0.717, 1.165) is 6.26 Å².